The third-order valence-corrected chi connectivity index (χ3v) is 4.54. The van der Waals surface area contributed by atoms with Crippen LogP contribution in [-0.2, 0) is 7.05 Å². The van der Waals surface area contributed by atoms with Crippen LogP contribution >= 0.6 is 0 Å². The summed E-state index contributed by atoms with van der Waals surface area (Å²) in [6, 6.07) is 6.63. The molecule has 0 spiro atoms. The Labute approximate surface area is 176 Å². The molecule has 8 nitrogen and oxygen atoms in total. The van der Waals surface area contributed by atoms with Crippen LogP contribution in [0.15, 0.2) is 55.1 Å². The number of aromatic nitrogens is 6. The van der Waals surface area contributed by atoms with Crippen LogP contribution in [0.25, 0.3) is 22.6 Å². The Hall–Kier alpha value is -4.08. The highest BCUT2D eigenvalue weighted by molar-refractivity contribution is 5.94. The quantitative estimate of drug-likeness (QED) is 0.497. The van der Waals surface area contributed by atoms with Gasteiger partial charge >= 0.3 is 0 Å². The third kappa shape index (κ3) is 4.58. The molecule has 0 saturated carbocycles. The fraction of sp³-hybridized carbons (Fsp3) is 0.143. The summed E-state index contributed by atoms with van der Waals surface area (Å²) in [6.45, 7) is 1.72. The minimum atomic E-state index is -0.668. The Balaban J connectivity index is 1.72. The summed E-state index contributed by atoms with van der Waals surface area (Å²) in [5.41, 5.74) is 2.01. The molecule has 0 aliphatic heterocycles. The second-order valence-electron chi connectivity index (χ2n) is 6.84. The minimum absolute atomic E-state index is 0.0717. The minimum Gasteiger partial charge on any atom is -0.344 e. The SMILES string of the molecule is CC(NC(=O)c1cc(-c2ccnc(F)c2)nc(-c2cnn(C)c2)n1)c1ccnc(F)c1. The molecule has 4 rings (SSSR count). The molecular formula is C21H17F2N7O. The summed E-state index contributed by atoms with van der Waals surface area (Å²) in [4.78, 5) is 28.8. The number of nitrogens with one attached hydrogen (secondary N) is 1. The smallest absolute Gasteiger partial charge is 0.270 e. The lowest BCUT2D eigenvalue weighted by Gasteiger charge is -2.14. The Morgan fingerprint density at radius 1 is 1.03 bits per heavy atom. The van der Waals surface area contributed by atoms with E-state index in [0.29, 0.717) is 22.4 Å². The fourth-order valence-corrected chi connectivity index (χ4v) is 2.98. The number of hydrogen-bond acceptors (Lipinski definition) is 6. The Morgan fingerprint density at radius 3 is 2.45 bits per heavy atom. The maximum absolute atomic E-state index is 13.6. The van der Waals surface area contributed by atoms with Gasteiger partial charge in [0.25, 0.3) is 5.91 Å². The molecule has 0 aromatic carbocycles. The van der Waals surface area contributed by atoms with Crippen molar-refractivity contribution in [3.8, 4) is 22.6 Å². The number of pyridine rings is 2. The molecule has 4 aromatic rings. The van der Waals surface area contributed by atoms with E-state index in [-0.39, 0.29) is 11.5 Å². The van der Waals surface area contributed by atoms with Gasteiger partial charge in [-0.05, 0) is 36.8 Å². The van der Waals surface area contributed by atoms with Gasteiger partial charge in [0.2, 0.25) is 11.9 Å². The molecule has 0 aliphatic carbocycles. The van der Waals surface area contributed by atoms with E-state index in [2.05, 4.69) is 30.4 Å². The van der Waals surface area contributed by atoms with E-state index in [4.69, 9.17) is 0 Å². The van der Waals surface area contributed by atoms with Crippen LogP contribution in [0.2, 0.25) is 0 Å². The molecule has 4 aromatic heterocycles. The Morgan fingerprint density at radius 2 is 1.77 bits per heavy atom. The average molecular weight is 421 g/mol. The van der Waals surface area contributed by atoms with Gasteiger partial charge in [0.05, 0.1) is 23.5 Å². The average Bonchev–Trinajstić information content (AvgIpc) is 3.20. The van der Waals surface area contributed by atoms with Crippen molar-refractivity contribution in [1.82, 2.24) is 35.0 Å². The predicted octanol–water partition coefficient (Wildman–Crippen LogP) is 3.10. The first-order valence-corrected chi connectivity index (χ1v) is 9.31. The highest BCUT2D eigenvalue weighted by Crippen LogP contribution is 2.23. The van der Waals surface area contributed by atoms with Gasteiger partial charge in [-0.1, -0.05) is 0 Å². The topological polar surface area (TPSA) is 98.5 Å². The van der Waals surface area contributed by atoms with Crippen molar-refractivity contribution in [2.24, 2.45) is 7.05 Å². The summed E-state index contributed by atoms with van der Waals surface area (Å²) in [7, 11) is 1.74. The van der Waals surface area contributed by atoms with E-state index >= 15 is 0 Å². The summed E-state index contributed by atoms with van der Waals surface area (Å²) in [5.74, 6) is -1.54. The summed E-state index contributed by atoms with van der Waals surface area (Å²) >= 11 is 0. The van der Waals surface area contributed by atoms with Gasteiger partial charge in [0.15, 0.2) is 5.82 Å². The summed E-state index contributed by atoms with van der Waals surface area (Å²) in [6.07, 6.45) is 5.91. The molecule has 0 fully saturated rings. The highest BCUT2D eigenvalue weighted by Gasteiger charge is 2.18. The molecule has 1 N–H and O–H groups in total. The van der Waals surface area contributed by atoms with Crippen LogP contribution in [0.3, 0.4) is 0 Å². The Bertz CT molecular complexity index is 1260. The molecule has 4 heterocycles. The number of rotatable bonds is 5. The van der Waals surface area contributed by atoms with E-state index in [0.717, 1.165) is 0 Å². The number of amides is 1. The first-order chi connectivity index (χ1) is 14.9. The molecule has 156 valence electrons. The normalized spacial score (nSPS) is 11.9. The lowest BCUT2D eigenvalue weighted by molar-refractivity contribution is 0.0934. The van der Waals surface area contributed by atoms with Gasteiger partial charge in [-0.2, -0.15) is 13.9 Å². The molecule has 0 aliphatic rings. The van der Waals surface area contributed by atoms with Crippen molar-refractivity contribution in [2.75, 3.05) is 0 Å². The number of carbonyl (C=O) groups is 1. The van der Waals surface area contributed by atoms with Crippen molar-refractivity contribution < 1.29 is 13.6 Å². The van der Waals surface area contributed by atoms with Gasteiger partial charge in [0.1, 0.15) is 5.69 Å². The molecule has 0 bridgehead atoms. The van der Waals surface area contributed by atoms with E-state index < -0.39 is 23.8 Å². The summed E-state index contributed by atoms with van der Waals surface area (Å²) < 4.78 is 28.6. The zero-order valence-corrected chi connectivity index (χ0v) is 16.6. The third-order valence-electron chi connectivity index (χ3n) is 4.54. The number of nitrogens with zero attached hydrogens (tertiary/aromatic N) is 6. The number of aryl methyl sites for hydroxylation is 1. The molecule has 0 saturated heterocycles. The van der Waals surface area contributed by atoms with Crippen molar-refractivity contribution in [3.05, 3.63) is 78.3 Å². The van der Waals surface area contributed by atoms with Crippen LogP contribution in [0.4, 0.5) is 8.78 Å². The van der Waals surface area contributed by atoms with E-state index in [9.17, 15) is 13.6 Å². The maximum Gasteiger partial charge on any atom is 0.270 e. The number of carbonyl (C=O) groups excluding carboxylic acids is 1. The summed E-state index contributed by atoms with van der Waals surface area (Å²) in [5, 5.41) is 6.89. The van der Waals surface area contributed by atoms with Gasteiger partial charge < -0.3 is 5.32 Å². The molecular weight excluding hydrogens is 404 g/mol. The van der Waals surface area contributed by atoms with Crippen molar-refractivity contribution >= 4 is 5.91 Å². The van der Waals surface area contributed by atoms with Crippen LogP contribution in [-0.4, -0.2) is 35.6 Å². The lowest BCUT2D eigenvalue weighted by atomic mass is 10.1. The van der Waals surface area contributed by atoms with Gasteiger partial charge in [-0.25, -0.2) is 19.9 Å². The first-order valence-electron chi connectivity index (χ1n) is 9.31. The molecule has 1 unspecified atom stereocenters. The molecule has 1 amide bonds. The van der Waals surface area contributed by atoms with Crippen LogP contribution in [0.5, 0.6) is 0 Å². The number of halogens is 2. The van der Waals surface area contributed by atoms with Crippen molar-refractivity contribution in [1.29, 1.82) is 0 Å². The number of hydrogen-bond donors (Lipinski definition) is 1. The fourth-order valence-electron chi connectivity index (χ4n) is 2.98. The molecule has 31 heavy (non-hydrogen) atoms. The van der Waals surface area contributed by atoms with Gasteiger partial charge in [0, 0.05) is 37.3 Å². The van der Waals surface area contributed by atoms with Crippen LogP contribution < -0.4 is 5.32 Å². The highest BCUT2D eigenvalue weighted by atomic mass is 19.1. The van der Waals surface area contributed by atoms with E-state index in [1.165, 1.54) is 30.6 Å². The molecule has 0 radical (unpaired) electrons. The van der Waals surface area contributed by atoms with Crippen LogP contribution in [0.1, 0.15) is 29.0 Å². The predicted molar refractivity (Wildman–Crippen MR) is 107 cm³/mol. The van der Waals surface area contributed by atoms with E-state index in [1.54, 1.807) is 43.2 Å². The van der Waals surface area contributed by atoms with Crippen molar-refractivity contribution in [2.45, 2.75) is 13.0 Å². The monoisotopic (exact) mass is 421 g/mol. The largest absolute Gasteiger partial charge is 0.344 e. The first kappa shape index (κ1) is 20.2. The van der Waals surface area contributed by atoms with Crippen molar-refractivity contribution in [3.63, 3.8) is 0 Å². The maximum atomic E-state index is 13.6. The van der Waals surface area contributed by atoms with Gasteiger partial charge in [-0.15, -0.1) is 0 Å². The second kappa shape index (κ2) is 8.34. The molecule has 1 atom stereocenters. The second-order valence-corrected chi connectivity index (χ2v) is 6.84. The zero-order valence-electron chi connectivity index (χ0n) is 16.6. The van der Waals surface area contributed by atoms with E-state index in [1.807, 2.05) is 0 Å². The van der Waals surface area contributed by atoms with Gasteiger partial charge in [-0.3, -0.25) is 9.48 Å². The zero-order chi connectivity index (χ0) is 22.0. The lowest BCUT2D eigenvalue weighted by Crippen LogP contribution is -2.28. The van der Waals surface area contributed by atoms with Crippen LogP contribution in [0, 0.1) is 11.9 Å². The Kier molecular flexibility index (Phi) is 5.44. The standard InChI is InChI=1S/C21H17F2N7O/c1-12(13-3-5-24-18(22)7-13)27-21(31)17-9-16(14-4-6-25-19(23)8-14)28-20(29-17)15-10-26-30(2)11-15/h3-12H,1-2H3,(H,27,31). The molecule has 10 heteroatoms.